The van der Waals surface area contributed by atoms with Gasteiger partial charge in [0.1, 0.15) is 0 Å². The maximum atomic E-state index is 5.14. The number of aromatic nitrogens is 1. The Morgan fingerprint density at radius 2 is 1.73 bits per heavy atom. The average Bonchev–Trinajstić information content (AvgIpc) is 3.15. The highest BCUT2D eigenvalue weighted by molar-refractivity contribution is 7.09. The summed E-state index contributed by atoms with van der Waals surface area (Å²) in [6, 6.07) is 7.99. The molecule has 2 fully saturated rings. The van der Waals surface area contributed by atoms with Crippen LogP contribution in [-0.2, 0) is 17.3 Å². The highest BCUT2D eigenvalue weighted by Crippen LogP contribution is 2.46. The highest BCUT2D eigenvalue weighted by Gasteiger charge is 2.37. The van der Waals surface area contributed by atoms with Crippen molar-refractivity contribution in [2.45, 2.75) is 95.9 Å². The first kappa shape index (κ1) is 23.5. The van der Waals surface area contributed by atoms with E-state index in [1.54, 1.807) is 0 Å². The van der Waals surface area contributed by atoms with E-state index >= 15 is 0 Å². The molecule has 1 unspecified atom stereocenters. The molecule has 1 aromatic heterocycles. The molecule has 1 aromatic carbocycles. The molecule has 0 amide bonds. The van der Waals surface area contributed by atoms with E-state index < -0.39 is 0 Å². The Bertz CT molecular complexity index is 954. The summed E-state index contributed by atoms with van der Waals surface area (Å²) in [6.45, 7) is 14.6. The minimum Gasteiger partial charge on any atom is -0.317 e. The lowest BCUT2D eigenvalue weighted by atomic mass is 9.63. The van der Waals surface area contributed by atoms with E-state index in [1.165, 1.54) is 98.5 Å². The second-order valence-electron chi connectivity index (χ2n) is 12.2. The van der Waals surface area contributed by atoms with Crippen molar-refractivity contribution in [2.24, 2.45) is 5.92 Å². The zero-order chi connectivity index (χ0) is 23.1. The molecule has 3 aliphatic rings. The molecule has 3 heterocycles. The van der Waals surface area contributed by atoms with Crippen LogP contribution in [0, 0.1) is 5.92 Å². The van der Waals surface area contributed by atoms with Crippen molar-refractivity contribution in [2.75, 3.05) is 26.2 Å². The van der Waals surface area contributed by atoms with E-state index in [0.717, 1.165) is 18.4 Å². The molecule has 0 radical (unpaired) electrons. The van der Waals surface area contributed by atoms with Crippen LogP contribution in [0.2, 0.25) is 0 Å². The fourth-order valence-electron chi connectivity index (χ4n) is 6.46. The number of nitrogens with zero attached hydrogens (tertiary/aromatic N) is 2. The van der Waals surface area contributed by atoms with Crippen LogP contribution in [0.25, 0.3) is 11.3 Å². The zero-order valence-corrected chi connectivity index (χ0v) is 22.1. The standard InChI is InChI=1S/C29H43N3S/c1-28(2)12-13-29(3,4)25-19-22(7-8-24(25)28)26-20-33-27(31-26)18-21-6-5-16-32(17-11-21)23-9-14-30-15-10-23/h7-8,19-21,23,30H,5-6,9-18H2,1-4H3. The van der Waals surface area contributed by atoms with Crippen molar-refractivity contribution in [3.05, 3.63) is 39.7 Å². The Labute approximate surface area is 205 Å². The summed E-state index contributed by atoms with van der Waals surface area (Å²) in [6.07, 6.45) is 10.4. The van der Waals surface area contributed by atoms with Gasteiger partial charge in [-0.15, -0.1) is 11.3 Å². The van der Waals surface area contributed by atoms with Crippen molar-refractivity contribution in [3.8, 4) is 11.3 Å². The lowest BCUT2D eigenvalue weighted by Gasteiger charge is -2.42. The molecule has 2 aliphatic heterocycles. The molecule has 2 saturated heterocycles. The van der Waals surface area contributed by atoms with E-state index in [2.05, 4.69) is 61.5 Å². The fraction of sp³-hybridized carbons (Fsp3) is 0.690. The lowest BCUT2D eigenvalue weighted by Crippen LogP contribution is -2.43. The van der Waals surface area contributed by atoms with Gasteiger partial charge >= 0.3 is 0 Å². The molecule has 180 valence electrons. The second kappa shape index (κ2) is 9.43. The molecule has 0 bridgehead atoms. The molecular formula is C29H43N3S. The molecule has 1 aliphatic carbocycles. The molecule has 4 heteroatoms. The van der Waals surface area contributed by atoms with Gasteiger partial charge in [0.05, 0.1) is 10.7 Å². The second-order valence-corrected chi connectivity index (χ2v) is 13.1. The van der Waals surface area contributed by atoms with Crippen LogP contribution < -0.4 is 5.32 Å². The van der Waals surface area contributed by atoms with Crippen molar-refractivity contribution < 1.29 is 0 Å². The smallest absolute Gasteiger partial charge is 0.0935 e. The number of hydrogen-bond acceptors (Lipinski definition) is 4. The Balaban J connectivity index is 1.26. The Morgan fingerprint density at radius 1 is 0.970 bits per heavy atom. The molecular weight excluding hydrogens is 422 g/mol. The van der Waals surface area contributed by atoms with Crippen LogP contribution in [0.1, 0.15) is 88.8 Å². The molecule has 2 aromatic rings. The minimum absolute atomic E-state index is 0.250. The summed E-state index contributed by atoms with van der Waals surface area (Å²) in [7, 11) is 0. The summed E-state index contributed by atoms with van der Waals surface area (Å²) in [5.41, 5.74) is 6.09. The number of nitrogens with one attached hydrogen (secondary N) is 1. The predicted octanol–water partition coefficient (Wildman–Crippen LogP) is 6.56. The minimum atomic E-state index is 0.250. The topological polar surface area (TPSA) is 28.2 Å². The Kier molecular flexibility index (Phi) is 6.72. The number of thiazole rings is 1. The number of benzene rings is 1. The fourth-order valence-corrected chi connectivity index (χ4v) is 7.38. The molecule has 0 saturated carbocycles. The third-order valence-electron chi connectivity index (χ3n) is 8.87. The van der Waals surface area contributed by atoms with E-state index in [4.69, 9.17) is 4.98 Å². The van der Waals surface area contributed by atoms with Crippen LogP contribution in [0.4, 0.5) is 0 Å². The van der Waals surface area contributed by atoms with Gasteiger partial charge in [-0.3, -0.25) is 0 Å². The molecule has 0 spiro atoms. The van der Waals surface area contributed by atoms with E-state index in [0.29, 0.717) is 0 Å². The van der Waals surface area contributed by atoms with Gasteiger partial charge in [0.25, 0.3) is 0 Å². The van der Waals surface area contributed by atoms with E-state index in [9.17, 15) is 0 Å². The summed E-state index contributed by atoms with van der Waals surface area (Å²) < 4.78 is 0. The van der Waals surface area contributed by atoms with Gasteiger partial charge in [0.2, 0.25) is 0 Å². The molecule has 3 nitrogen and oxygen atoms in total. The summed E-state index contributed by atoms with van der Waals surface area (Å²) in [5.74, 6) is 0.791. The number of rotatable bonds is 4. The molecule has 5 rings (SSSR count). The first-order valence-corrected chi connectivity index (χ1v) is 14.2. The predicted molar refractivity (Wildman–Crippen MR) is 141 cm³/mol. The average molecular weight is 466 g/mol. The summed E-state index contributed by atoms with van der Waals surface area (Å²) >= 11 is 1.88. The molecule has 33 heavy (non-hydrogen) atoms. The van der Waals surface area contributed by atoms with Crippen LogP contribution in [-0.4, -0.2) is 42.1 Å². The first-order valence-electron chi connectivity index (χ1n) is 13.4. The maximum absolute atomic E-state index is 5.14. The van der Waals surface area contributed by atoms with Crippen molar-refractivity contribution >= 4 is 11.3 Å². The van der Waals surface area contributed by atoms with Gasteiger partial charge in [0, 0.05) is 23.4 Å². The SMILES string of the molecule is CC1(C)CCC(C)(C)c2cc(-c3csc(CC4CCCN(C5CCNCC5)CC4)n3)ccc21. The maximum Gasteiger partial charge on any atom is 0.0935 e. The van der Waals surface area contributed by atoms with Crippen molar-refractivity contribution in [3.63, 3.8) is 0 Å². The van der Waals surface area contributed by atoms with E-state index in [-0.39, 0.29) is 10.8 Å². The van der Waals surface area contributed by atoms with E-state index in [1.807, 2.05) is 11.3 Å². The van der Waals surface area contributed by atoms with Gasteiger partial charge in [-0.05, 0) is 105 Å². The molecule has 1 atom stereocenters. The third-order valence-corrected chi connectivity index (χ3v) is 9.74. The summed E-state index contributed by atoms with van der Waals surface area (Å²) in [4.78, 5) is 7.94. The largest absolute Gasteiger partial charge is 0.317 e. The Morgan fingerprint density at radius 3 is 2.52 bits per heavy atom. The van der Waals surface area contributed by atoms with Gasteiger partial charge < -0.3 is 10.2 Å². The number of fused-ring (bicyclic) bond motifs is 1. The van der Waals surface area contributed by atoms with Crippen molar-refractivity contribution in [1.29, 1.82) is 0 Å². The number of hydrogen-bond donors (Lipinski definition) is 1. The lowest BCUT2D eigenvalue weighted by molar-refractivity contribution is 0.166. The quantitative estimate of drug-likeness (QED) is 0.554. The Hall–Kier alpha value is -1.23. The van der Waals surface area contributed by atoms with Gasteiger partial charge in [0.15, 0.2) is 0 Å². The number of likely N-dealkylation sites (tertiary alicyclic amines) is 1. The van der Waals surface area contributed by atoms with Crippen LogP contribution in [0.3, 0.4) is 0 Å². The van der Waals surface area contributed by atoms with Crippen LogP contribution >= 0.6 is 11.3 Å². The first-order chi connectivity index (χ1) is 15.8. The van der Waals surface area contributed by atoms with Gasteiger partial charge in [-0.25, -0.2) is 4.98 Å². The number of piperidine rings is 1. The van der Waals surface area contributed by atoms with Crippen LogP contribution in [0.5, 0.6) is 0 Å². The van der Waals surface area contributed by atoms with Crippen molar-refractivity contribution in [1.82, 2.24) is 15.2 Å². The third kappa shape index (κ3) is 5.09. The summed E-state index contributed by atoms with van der Waals surface area (Å²) in [5, 5.41) is 7.16. The monoisotopic (exact) mass is 465 g/mol. The van der Waals surface area contributed by atoms with Crippen LogP contribution in [0.15, 0.2) is 23.6 Å². The van der Waals surface area contributed by atoms with Gasteiger partial charge in [-0.1, -0.05) is 39.8 Å². The highest BCUT2D eigenvalue weighted by atomic mass is 32.1. The zero-order valence-electron chi connectivity index (χ0n) is 21.3. The normalized spacial score (nSPS) is 26.0. The van der Waals surface area contributed by atoms with Gasteiger partial charge in [-0.2, -0.15) is 0 Å². The molecule has 1 N–H and O–H groups in total.